The summed E-state index contributed by atoms with van der Waals surface area (Å²) in [6.07, 6.45) is 4.97. The molecule has 3 rings (SSSR count). The Morgan fingerprint density at radius 2 is 1.96 bits per heavy atom. The molecule has 2 aromatic rings. The number of aromatic nitrogens is 1. The number of carbonyl (C=O) groups excluding carboxylic acids is 2. The van der Waals surface area contributed by atoms with E-state index in [-0.39, 0.29) is 23.4 Å². The number of nitrogens with zero attached hydrogens (tertiary/aromatic N) is 1. The lowest BCUT2D eigenvalue weighted by Crippen LogP contribution is -2.34. The van der Waals surface area contributed by atoms with Crippen molar-refractivity contribution in [1.29, 1.82) is 0 Å². The fourth-order valence-corrected chi connectivity index (χ4v) is 2.74. The summed E-state index contributed by atoms with van der Waals surface area (Å²) in [4.78, 5) is 40.8. The molecule has 1 aliphatic carbocycles. The average Bonchev–Trinajstić information content (AvgIpc) is 3.46. The Morgan fingerprint density at radius 1 is 1.23 bits per heavy atom. The zero-order valence-electron chi connectivity index (χ0n) is 14.8. The van der Waals surface area contributed by atoms with E-state index in [0.717, 1.165) is 25.7 Å². The molecule has 136 valence electrons. The molecule has 26 heavy (non-hydrogen) atoms. The van der Waals surface area contributed by atoms with Gasteiger partial charge in [-0.05, 0) is 37.3 Å². The standard InChI is InChI=1S/C20H23N3O3/c1-23(11-5-8-14-6-3-2-4-7-14)20(26)17-12-15(13-21-19(17)25)18(24)22-16-9-10-16/h2-4,6-7,12-13,16H,5,8-11H2,1H3,(H,21,25)(H,22,24). The summed E-state index contributed by atoms with van der Waals surface area (Å²) in [5, 5.41) is 2.85. The second-order valence-corrected chi connectivity index (χ2v) is 6.69. The quantitative estimate of drug-likeness (QED) is 0.798. The van der Waals surface area contributed by atoms with Crippen LogP contribution in [0.3, 0.4) is 0 Å². The van der Waals surface area contributed by atoms with Crippen LogP contribution in [0.15, 0.2) is 47.4 Å². The molecule has 6 nitrogen and oxygen atoms in total. The Kier molecular flexibility index (Phi) is 5.51. The number of aryl methyl sites for hydroxylation is 1. The van der Waals surface area contributed by atoms with Gasteiger partial charge in [-0.25, -0.2) is 0 Å². The highest BCUT2D eigenvalue weighted by molar-refractivity contribution is 5.99. The van der Waals surface area contributed by atoms with Gasteiger partial charge in [0.15, 0.2) is 0 Å². The number of hydrogen-bond acceptors (Lipinski definition) is 3. The highest BCUT2D eigenvalue weighted by Gasteiger charge is 2.25. The number of H-pyrrole nitrogens is 1. The molecule has 2 amide bonds. The summed E-state index contributed by atoms with van der Waals surface area (Å²) in [7, 11) is 1.67. The van der Waals surface area contributed by atoms with Crippen molar-refractivity contribution < 1.29 is 9.59 Å². The van der Waals surface area contributed by atoms with Gasteiger partial charge >= 0.3 is 0 Å². The van der Waals surface area contributed by atoms with E-state index in [9.17, 15) is 14.4 Å². The molecule has 1 aromatic heterocycles. The summed E-state index contributed by atoms with van der Waals surface area (Å²) in [6, 6.07) is 11.6. The van der Waals surface area contributed by atoms with Crippen LogP contribution in [-0.2, 0) is 6.42 Å². The lowest BCUT2D eigenvalue weighted by molar-refractivity contribution is 0.0792. The maximum absolute atomic E-state index is 12.6. The van der Waals surface area contributed by atoms with Crippen LogP contribution in [0.4, 0.5) is 0 Å². The van der Waals surface area contributed by atoms with Crippen molar-refractivity contribution in [3.8, 4) is 0 Å². The van der Waals surface area contributed by atoms with Crippen molar-refractivity contribution in [2.24, 2.45) is 0 Å². The monoisotopic (exact) mass is 353 g/mol. The van der Waals surface area contributed by atoms with Crippen molar-refractivity contribution in [3.63, 3.8) is 0 Å². The molecule has 1 aliphatic rings. The molecule has 6 heteroatoms. The summed E-state index contributed by atoms with van der Waals surface area (Å²) < 4.78 is 0. The minimum atomic E-state index is -0.479. The molecular weight excluding hydrogens is 330 g/mol. The predicted octanol–water partition coefficient (Wildman–Crippen LogP) is 1.97. The molecule has 1 saturated carbocycles. The summed E-state index contributed by atoms with van der Waals surface area (Å²) in [5.41, 5.74) is 1.03. The summed E-state index contributed by atoms with van der Waals surface area (Å²) in [6.45, 7) is 0.533. The normalized spacial score (nSPS) is 13.3. The van der Waals surface area contributed by atoms with Crippen LogP contribution in [0.1, 0.15) is 45.5 Å². The van der Waals surface area contributed by atoms with Crippen LogP contribution in [0.25, 0.3) is 0 Å². The van der Waals surface area contributed by atoms with E-state index >= 15 is 0 Å². The Morgan fingerprint density at radius 3 is 2.65 bits per heavy atom. The van der Waals surface area contributed by atoms with Crippen molar-refractivity contribution in [2.45, 2.75) is 31.7 Å². The van der Waals surface area contributed by atoms with Gasteiger partial charge in [-0.15, -0.1) is 0 Å². The number of aromatic amines is 1. The first-order valence-corrected chi connectivity index (χ1v) is 8.87. The molecule has 1 fully saturated rings. The predicted molar refractivity (Wildman–Crippen MR) is 99.3 cm³/mol. The van der Waals surface area contributed by atoms with Gasteiger partial charge in [-0.1, -0.05) is 30.3 Å². The molecule has 0 unspecified atom stereocenters. The van der Waals surface area contributed by atoms with Gasteiger partial charge in [0.2, 0.25) is 0 Å². The Bertz CT molecular complexity index is 841. The third-order valence-electron chi connectivity index (χ3n) is 4.46. The maximum Gasteiger partial charge on any atom is 0.260 e. The third kappa shape index (κ3) is 4.59. The first-order valence-electron chi connectivity index (χ1n) is 8.87. The largest absolute Gasteiger partial charge is 0.349 e. The van der Waals surface area contributed by atoms with E-state index in [4.69, 9.17) is 0 Å². The first kappa shape index (κ1) is 17.9. The Hall–Kier alpha value is -2.89. The SMILES string of the molecule is CN(CCCc1ccccc1)C(=O)c1cc(C(=O)NC2CC2)c[nH]c1=O. The van der Waals surface area contributed by atoms with Gasteiger partial charge in [0.25, 0.3) is 17.4 Å². The maximum atomic E-state index is 12.6. The van der Waals surface area contributed by atoms with E-state index in [1.165, 1.54) is 22.7 Å². The Balaban J connectivity index is 1.62. The number of benzene rings is 1. The smallest absolute Gasteiger partial charge is 0.260 e. The molecule has 0 bridgehead atoms. The lowest BCUT2D eigenvalue weighted by Gasteiger charge is -2.17. The van der Waals surface area contributed by atoms with Crippen LogP contribution in [0, 0.1) is 0 Å². The minimum Gasteiger partial charge on any atom is -0.349 e. The topological polar surface area (TPSA) is 82.3 Å². The van der Waals surface area contributed by atoms with Gasteiger partial charge in [0, 0.05) is 25.8 Å². The van der Waals surface area contributed by atoms with Crippen molar-refractivity contribution in [2.75, 3.05) is 13.6 Å². The number of amides is 2. The molecule has 2 N–H and O–H groups in total. The minimum absolute atomic E-state index is 0.00402. The van der Waals surface area contributed by atoms with Gasteiger partial charge in [0.05, 0.1) is 5.56 Å². The Labute approximate surface area is 152 Å². The molecule has 1 aromatic carbocycles. The van der Waals surface area contributed by atoms with Crippen molar-refractivity contribution in [1.82, 2.24) is 15.2 Å². The van der Waals surface area contributed by atoms with E-state index in [1.54, 1.807) is 7.05 Å². The van der Waals surface area contributed by atoms with Crippen LogP contribution in [-0.4, -0.2) is 41.3 Å². The zero-order chi connectivity index (χ0) is 18.5. The zero-order valence-corrected chi connectivity index (χ0v) is 14.8. The van der Waals surface area contributed by atoms with Crippen LogP contribution in [0.5, 0.6) is 0 Å². The fraction of sp³-hybridized carbons (Fsp3) is 0.350. The van der Waals surface area contributed by atoms with E-state index < -0.39 is 5.56 Å². The van der Waals surface area contributed by atoms with Crippen LogP contribution >= 0.6 is 0 Å². The van der Waals surface area contributed by atoms with Gasteiger partial charge in [-0.3, -0.25) is 14.4 Å². The van der Waals surface area contributed by atoms with Crippen molar-refractivity contribution in [3.05, 3.63) is 69.6 Å². The average molecular weight is 353 g/mol. The summed E-state index contributed by atoms with van der Waals surface area (Å²) in [5.74, 6) is -0.634. The second kappa shape index (κ2) is 7.99. The van der Waals surface area contributed by atoms with E-state index in [0.29, 0.717) is 12.1 Å². The van der Waals surface area contributed by atoms with Gasteiger partial charge in [0.1, 0.15) is 5.56 Å². The number of rotatable bonds is 7. The second-order valence-electron chi connectivity index (χ2n) is 6.69. The van der Waals surface area contributed by atoms with Crippen molar-refractivity contribution >= 4 is 11.8 Å². The highest BCUT2D eigenvalue weighted by atomic mass is 16.2. The van der Waals surface area contributed by atoms with Crippen LogP contribution in [0.2, 0.25) is 0 Å². The van der Waals surface area contributed by atoms with E-state index in [2.05, 4.69) is 22.4 Å². The highest BCUT2D eigenvalue weighted by Crippen LogP contribution is 2.19. The van der Waals surface area contributed by atoms with Gasteiger partial charge in [-0.2, -0.15) is 0 Å². The molecule has 1 heterocycles. The molecule has 0 radical (unpaired) electrons. The molecule has 0 spiro atoms. The molecule has 0 atom stereocenters. The molecule has 0 saturated heterocycles. The number of hydrogen-bond donors (Lipinski definition) is 2. The fourth-order valence-electron chi connectivity index (χ4n) is 2.74. The third-order valence-corrected chi connectivity index (χ3v) is 4.46. The first-order chi connectivity index (χ1) is 12.5. The number of nitrogens with one attached hydrogen (secondary N) is 2. The number of pyridine rings is 1. The van der Waals surface area contributed by atoms with E-state index in [1.807, 2.05) is 18.2 Å². The molecular formula is C20H23N3O3. The molecule has 0 aliphatic heterocycles. The van der Waals surface area contributed by atoms with Gasteiger partial charge < -0.3 is 15.2 Å². The van der Waals surface area contributed by atoms with Crippen LogP contribution < -0.4 is 10.9 Å². The lowest BCUT2D eigenvalue weighted by atomic mass is 10.1. The summed E-state index contributed by atoms with van der Waals surface area (Å²) >= 11 is 0. The number of carbonyl (C=O) groups is 2.